The van der Waals surface area contributed by atoms with Crippen molar-refractivity contribution in [3.8, 4) is 0 Å². The van der Waals surface area contributed by atoms with Crippen molar-refractivity contribution in [3.05, 3.63) is 12.2 Å². The third-order valence-corrected chi connectivity index (χ3v) is 2.43. The maximum atomic E-state index is 12.4. The molecule has 118 valence electrons. The van der Waals surface area contributed by atoms with Crippen molar-refractivity contribution in [2.45, 2.75) is 38.2 Å². The molecule has 0 aromatic rings. The Kier molecular flexibility index (Phi) is 5.65. The van der Waals surface area contributed by atoms with Gasteiger partial charge in [-0.25, -0.2) is 4.79 Å². The number of aliphatic hydroxyl groups is 1. The fourth-order valence-electron chi connectivity index (χ4n) is 1.30. The quantitative estimate of drug-likeness (QED) is 0.482. The SMILES string of the molecule is C=C(C)C(=O)OCC(C)CC(O)(C(F)(F)F)C(F)(F)F. The molecule has 9 heteroatoms. The van der Waals surface area contributed by atoms with Gasteiger partial charge in [0.05, 0.1) is 6.61 Å². The number of carbonyl (C=O) groups is 1. The highest BCUT2D eigenvalue weighted by atomic mass is 19.4. The zero-order chi connectivity index (χ0) is 16.4. The van der Waals surface area contributed by atoms with E-state index in [1.807, 2.05) is 0 Å². The smallest absolute Gasteiger partial charge is 0.426 e. The van der Waals surface area contributed by atoms with E-state index >= 15 is 0 Å². The molecule has 1 atom stereocenters. The molecule has 0 rings (SSSR count). The lowest BCUT2D eigenvalue weighted by molar-refractivity contribution is -0.372. The highest BCUT2D eigenvalue weighted by molar-refractivity contribution is 5.86. The van der Waals surface area contributed by atoms with Gasteiger partial charge in [-0.15, -0.1) is 0 Å². The molecule has 0 spiro atoms. The average Bonchev–Trinajstić information content (AvgIpc) is 2.22. The highest BCUT2D eigenvalue weighted by Crippen LogP contribution is 2.46. The van der Waals surface area contributed by atoms with Crippen molar-refractivity contribution < 1.29 is 41.0 Å². The number of ether oxygens (including phenoxy) is 1. The Morgan fingerprint density at radius 2 is 1.60 bits per heavy atom. The lowest BCUT2D eigenvalue weighted by atomic mass is 9.90. The summed E-state index contributed by atoms with van der Waals surface area (Å²) in [7, 11) is 0. The van der Waals surface area contributed by atoms with E-state index in [0.717, 1.165) is 6.92 Å². The lowest BCUT2D eigenvalue weighted by Crippen LogP contribution is -2.57. The number of hydrogen-bond acceptors (Lipinski definition) is 3. The van der Waals surface area contributed by atoms with Gasteiger partial charge in [-0.2, -0.15) is 26.3 Å². The Hall–Kier alpha value is -1.25. The summed E-state index contributed by atoms with van der Waals surface area (Å²) >= 11 is 0. The highest BCUT2D eigenvalue weighted by Gasteiger charge is 2.70. The van der Waals surface area contributed by atoms with Crippen LogP contribution >= 0.6 is 0 Å². The first-order valence-corrected chi connectivity index (χ1v) is 5.41. The Bertz CT molecular complexity index is 357. The van der Waals surface area contributed by atoms with Crippen LogP contribution in [0.4, 0.5) is 26.3 Å². The van der Waals surface area contributed by atoms with Crippen molar-refractivity contribution in [1.82, 2.24) is 0 Å². The normalized spacial score (nSPS) is 14.8. The summed E-state index contributed by atoms with van der Waals surface area (Å²) in [6.07, 6.45) is -13.4. The van der Waals surface area contributed by atoms with Crippen LogP contribution in [0.25, 0.3) is 0 Å². The standard InChI is InChI=1S/C11H14F6O3/c1-6(2)8(18)20-5-7(3)4-9(19,10(12,13)14)11(15,16)17/h7,19H,1,4-5H2,2-3H3. The van der Waals surface area contributed by atoms with Gasteiger partial charge in [-0.1, -0.05) is 13.5 Å². The van der Waals surface area contributed by atoms with Gasteiger partial charge in [0.15, 0.2) is 0 Å². The third-order valence-electron chi connectivity index (χ3n) is 2.43. The number of hydrogen-bond donors (Lipinski definition) is 1. The molecule has 0 bridgehead atoms. The van der Waals surface area contributed by atoms with E-state index in [1.54, 1.807) is 0 Å². The number of alkyl halides is 6. The zero-order valence-electron chi connectivity index (χ0n) is 10.7. The van der Waals surface area contributed by atoms with Gasteiger partial charge in [-0.3, -0.25) is 0 Å². The lowest BCUT2D eigenvalue weighted by Gasteiger charge is -2.34. The largest absolute Gasteiger partial charge is 0.462 e. The van der Waals surface area contributed by atoms with Crippen LogP contribution in [0.1, 0.15) is 20.3 Å². The van der Waals surface area contributed by atoms with Crippen molar-refractivity contribution in [3.63, 3.8) is 0 Å². The van der Waals surface area contributed by atoms with Gasteiger partial charge in [-0.05, 0) is 12.8 Å². The summed E-state index contributed by atoms with van der Waals surface area (Å²) in [6, 6.07) is 0. The second-order valence-corrected chi connectivity index (χ2v) is 4.54. The molecule has 1 N–H and O–H groups in total. The van der Waals surface area contributed by atoms with Crippen molar-refractivity contribution in [2.75, 3.05) is 6.61 Å². The Morgan fingerprint density at radius 1 is 1.20 bits per heavy atom. The molecule has 20 heavy (non-hydrogen) atoms. The molecule has 0 aliphatic carbocycles. The van der Waals surface area contributed by atoms with E-state index in [1.165, 1.54) is 6.92 Å². The molecule has 0 aliphatic heterocycles. The summed E-state index contributed by atoms with van der Waals surface area (Å²) < 4.78 is 78.8. The third kappa shape index (κ3) is 4.39. The topological polar surface area (TPSA) is 46.5 Å². The van der Waals surface area contributed by atoms with E-state index in [2.05, 4.69) is 11.3 Å². The first kappa shape index (κ1) is 18.8. The van der Waals surface area contributed by atoms with Crippen LogP contribution in [-0.2, 0) is 9.53 Å². The second-order valence-electron chi connectivity index (χ2n) is 4.54. The maximum Gasteiger partial charge on any atom is 0.426 e. The van der Waals surface area contributed by atoms with Crippen molar-refractivity contribution in [1.29, 1.82) is 0 Å². The molecule has 3 nitrogen and oxygen atoms in total. The minimum atomic E-state index is -5.88. The molecule has 0 amide bonds. The molecule has 0 saturated heterocycles. The molecule has 0 aliphatic rings. The van der Waals surface area contributed by atoms with Gasteiger partial charge < -0.3 is 9.84 Å². The molecule has 0 fully saturated rings. The summed E-state index contributed by atoms with van der Waals surface area (Å²) in [5.74, 6) is -2.29. The first-order chi connectivity index (χ1) is 8.72. The Labute approximate surface area is 111 Å². The Morgan fingerprint density at radius 3 is 1.90 bits per heavy atom. The number of rotatable bonds is 5. The van der Waals surface area contributed by atoms with E-state index in [0.29, 0.717) is 0 Å². The van der Waals surface area contributed by atoms with Crippen molar-refractivity contribution in [2.24, 2.45) is 5.92 Å². The van der Waals surface area contributed by atoms with Gasteiger partial charge in [0.2, 0.25) is 0 Å². The maximum absolute atomic E-state index is 12.4. The average molecular weight is 308 g/mol. The predicted octanol–water partition coefficient (Wildman–Crippen LogP) is 2.99. The van der Waals surface area contributed by atoms with E-state index < -0.39 is 42.9 Å². The monoisotopic (exact) mass is 308 g/mol. The summed E-state index contributed by atoms with van der Waals surface area (Å²) in [6.45, 7) is 4.77. The molecule has 0 aromatic heterocycles. The molecule has 0 radical (unpaired) electrons. The molecule has 0 saturated carbocycles. The van der Waals surface area contributed by atoms with Gasteiger partial charge in [0.25, 0.3) is 5.60 Å². The molecular formula is C11H14F6O3. The number of halogens is 6. The van der Waals surface area contributed by atoms with Gasteiger partial charge >= 0.3 is 18.3 Å². The summed E-state index contributed by atoms with van der Waals surface area (Å²) in [5, 5.41) is 8.92. The molecule has 0 heterocycles. The van der Waals surface area contributed by atoms with Crippen LogP contribution in [0.3, 0.4) is 0 Å². The minimum Gasteiger partial charge on any atom is -0.462 e. The zero-order valence-corrected chi connectivity index (χ0v) is 10.7. The van der Waals surface area contributed by atoms with Crippen LogP contribution in [0.2, 0.25) is 0 Å². The first-order valence-electron chi connectivity index (χ1n) is 5.41. The van der Waals surface area contributed by atoms with Crippen LogP contribution in [0.15, 0.2) is 12.2 Å². The van der Waals surface area contributed by atoms with Crippen LogP contribution < -0.4 is 0 Å². The van der Waals surface area contributed by atoms with Gasteiger partial charge in [0, 0.05) is 12.0 Å². The predicted molar refractivity (Wildman–Crippen MR) is 56.6 cm³/mol. The molecular weight excluding hydrogens is 294 g/mol. The Balaban J connectivity index is 4.87. The minimum absolute atomic E-state index is 0.0425. The fraction of sp³-hybridized carbons (Fsp3) is 0.727. The van der Waals surface area contributed by atoms with E-state index in [-0.39, 0.29) is 5.57 Å². The van der Waals surface area contributed by atoms with E-state index in [9.17, 15) is 31.1 Å². The van der Waals surface area contributed by atoms with Crippen LogP contribution in [0, 0.1) is 5.92 Å². The van der Waals surface area contributed by atoms with Gasteiger partial charge in [0.1, 0.15) is 0 Å². The second kappa shape index (κ2) is 6.02. The number of carbonyl (C=O) groups excluding carboxylic acids is 1. The van der Waals surface area contributed by atoms with Crippen LogP contribution in [0.5, 0.6) is 0 Å². The van der Waals surface area contributed by atoms with Crippen LogP contribution in [-0.4, -0.2) is 35.6 Å². The fourth-order valence-corrected chi connectivity index (χ4v) is 1.30. The molecule has 0 aromatic carbocycles. The molecule has 1 unspecified atom stereocenters. The summed E-state index contributed by atoms with van der Waals surface area (Å²) in [4.78, 5) is 11.0. The number of esters is 1. The van der Waals surface area contributed by atoms with E-state index in [4.69, 9.17) is 5.11 Å². The summed E-state index contributed by atoms with van der Waals surface area (Å²) in [5.41, 5.74) is -4.88. The van der Waals surface area contributed by atoms with Crippen molar-refractivity contribution >= 4 is 5.97 Å².